The van der Waals surface area contributed by atoms with E-state index in [2.05, 4.69) is 12.6 Å². The van der Waals surface area contributed by atoms with Gasteiger partial charge in [-0.3, -0.25) is 0 Å². The van der Waals surface area contributed by atoms with Crippen LogP contribution in [-0.4, -0.2) is 0 Å². The molecule has 10 heavy (non-hydrogen) atoms. The summed E-state index contributed by atoms with van der Waals surface area (Å²) in [4.78, 5) is 0.396. The average Bonchev–Trinajstić information content (AvgIpc) is 2.00. The Morgan fingerprint density at radius 3 is 2.00 bits per heavy atom. The van der Waals surface area contributed by atoms with E-state index in [1.54, 1.807) is 18.2 Å². The maximum absolute atomic E-state index is 12.2. The summed E-state index contributed by atoms with van der Waals surface area (Å²) in [5.41, 5.74) is 0. The summed E-state index contributed by atoms with van der Waals surface area (Å²) in [5.74, 6) is -0.268. The van der Waals surface area contributed by atoms with Crippen molar-refractivity contribution in [3.8, 4) is 0 Å². The lowest BCUT2D eigenvalue weighted by Crippen LogP contribution is -1.71. The summed E-state index contributed by atoms with van der Waals surface area (Å²) in [6.07, 6.45) is 0. The van der Waals surface area contributed by atoms with E-state index < -0.39 is 0 Å². The first-order valence-corrected chi connectivity index (χ1v) is 3.69. The zero-order valence-electron chi connectivity index (χ0n) is 6.13. The largest absolute Gasteiger partial charge is 0.206 e. The lowest BCUT2D eigenvalue weighted by Gasteiger charge is -1.88. The smallest absolute Gasteiger partial charge is 0.136 e. The lowest BCUT2D eigenvalue weighted by atomic mass is 10.4. The van der Waals surface area contributed by atoms with Gasteiger partial charge in [0.1, 0.15) is 5.82 Å². The van der Waals surface area contributed by atoms with Gasteiger partial charge in [0.2, 0.25) is 0 Å². The highest BCUT2D eigenvalue weighted by Crippen LogP contribution is 2.08. The van der Waals surface area contributed by atoms with Crippen LogP contribution in [0, 0.1) is 5.82 Å². The molecule has 0 unspecified atom stereocenters. The number of rotatable bonds is 0. The monoisotopic (exact) mass is 158 g/mol. The third-order valence-corrected chi connectivity index (χ3v) is 1.22. The molecule has 0 nitrogen and oxygen atoms in total. The van der Waals surface area contributed by atoms with Gasteiger partial charge in [-0.15, -0.1) is 12.6 Å². The molecule has 0 fully saturated rings. The molecule has 1 rings (SSSR count). The van der Waals surface area contributed by atoms with Crippen molar-refractivity contribution in [2.75, 3.05) is 0 Å². The molecule has 0 saturated heterocycles. The van der Waals surface area contributed by atoms with Crippen LogP contribution < -0.4 is 0 Å². The molecule has 0 bridgehead atoms. The molecule has 0 N–H and O–H groups in total. The molecule has 0 aromatic heterocycles. The summed E-state index contributed by atoms with van der Waals surface area (Å²) in [5, 5.41) is 0. The molecule has 1 aromatic rings. The molecular weight excluding hydrogens is 147 g/mol. The normalized spacial score (nSPS) is 8.00. The highest BCUT2D eigenvalue weighted by Gasteiger charge is 1.89. The van der Waals surface area contributed by atoms with Gasteiger partial charge in [0, 0.05) is 4.90 Å². The Labute approximate surface area is 66.5 Å². The van der Waals surface area contributed by atoms with Gasteiger partial charge in [-0.2, -0.15) is 0 Å². The molecule has 0 aliphatic heterocycles. The van der Waals surface area contributed by atoms with Crippen molar-refractivity contribution >= 4 is 12.6 Å². The minimum atomic E-state index is -0.268. The minimum absolute atomic E-state index is 0.268. The summed E-state index contributed by atoms with van der Waals surface area (Å²) < 4.78 is 12.2. The minimum Gasteiger partial charge on any atom is -0.206 e. The number of thiol groups is 1. The number of hydrogen-bond donors (Lipinski definition) is 1. The van der Waals surface area contributed by atoms with Gasteiger partial charge in [0.15, 0.2) is 0 Å². The fourth-order valence-corrected chi connectivity index (χ4v) is 0.612. The Morgan fingerprint density at radius 2 is 1.70 bits per heavy atom. The molecule has 0 saturated carbocycles. The van der Waals surface area contributed by atoms with Crippen molar-refractivity contribution in [3.63, 3.8) is 0 Å². The number of hydrogen-bond acceptors (Lipinski definition) is 1. The standard InChI is InChI=1S/C6H5FS.C2H6/c7-5-3-1-2-4-6(5)8;1-2/h1-4,8H;1-2H3. The third-order valence-electron chi connectivity index (χ3n) is 0.852. The number of benzene rings is 1. The maximum Gasteiger partial charge on any atom is 0.136 e. The maximum atomic E-state index is 12.2. The Bertz CT molecular complexity index is 165. The van der Waals surface area contributed by atoms with Crippen LogP contribution in [0.3, 0.4) is 0 Å². The van der Waals surface area contributed by atoms with Gasteiger partial charge in [0.05, 0.1) is 0 Å². The molecule has 2 heteroatoms. The fourth-order valence-electron chi connectivity index (χ4n) is 0.452. The summed E-state index contributed by atoms with van der Waals surface area (Å²) >= 11 is 3.82. The van der Waals surface area contributed by atoms with E-state index in [1.165, 1.54) is 6.07 Å². The predicted octanol–water partition coefficient (Wildman–Crippen LogP) is 3.14. The molecule has 0 heterocycles. The summed E-state index contributed by atoms with van der Waals surface area (Å²) in [6.45, 7) is 4.00. The molecule has 0 aliphatic rings. The summed E-state index contributed by atoms with van der Waals surface area (Å²) in [6, 6.07) is 6.36. The van der Waals surface area contributed by atoms with Crippen LogP contribution in [0.25, 0.3) is 0 Å². The summed E-state index contributed by atoms with van der Waals surface area (Å²) in [7, 11) is 0. The van der Waals surface area contributed by atoms with Crippen molar-refractivity contribution in [1.29, 1.82) is 0 Å². The van der Waals surface area contributed by atoms with Gasteiger partial charge in [-0.05, 0) is 12.1 Å². The van der Waals surface area contributed by atoms with Crippen LogP contribution in [0.4, 0.5) is 4.39 Å². The van der Waals surface area contributed by atoms with Crippen LogP contribution in [0.1, 0.15) is 13.8 Å². The van der Waals surface area contributed by atoms with E-state index >= 15 is 0 Å². The lowest BCUT2D eigenvalue weighted by molar-refractivity contribution is 0.602. The van der Waals surface area contributed by atoms with Gasteiger partial charge in [0.25, 0.3) is 0 Å². The van der Waals surface area contributed by atoms with E-state index in [0.717, 1.165) is 0 Å². The van der Waals surface area contributed by atoms with Gasteiger partial charge in [-0.1, -0.05) is 26.0 Å². The highest BCUT2D eigenvalue weighted by atomic mass is 32.1. The van der Waals surface area contributed by atoms with E-state index in [9.17, 15) is 4.39 Å². The first kappa shape index (κ1) is 9.50. The first-order valence-electron chi connectivity index (χ1n) is 3.24. The van der Waals surface area contributed by atoms with Crippen molar-refractivity contribution in [3.05, 3.63) is 30.1 Å². The topological polar surface area (TPSA) is 0 Å². The van der Waals surface area contributed by atoms with E-state index in [-0.39, 0.29) is 5.82 Å². The van der Waals surface area contributed by atoms with Gasteiger partial charge < -0.3 is 0 Å². The molecule has 56 valence electrons. The molecule has 0 spiro atoms. The molecular formula is C8H11FS. The zero-order valence-corrected chi connectivity index (χ0v) is 7.03. The second-order valence-electron chi connectivity index (χ2n) is 1.45. The predicted molar refractivity (Wildman–Crippen MR) is 45.0 cm³/mol. The second kappa shape index (κ2) is 5.30. The van der Waals surface area contributed by atoms with Crippen molar-refractivity contribution in [1.82, 2.24) is 0 Å². The van der Waals surface area contributed by atoms with Crippen LogP contribution >= 0.6 is 12.6 Å². The molecule has 1 aromatic carbocycles. The Morgan fingerprint density at radius 1 is 1.20 bits per heavy atom. The zero-order chi connectivity index (χ0) is 7.98. The highest BCUT2D eigenvalue weighted by molar-refractivity contribution is 7.80. The molecule has 0 radical (unpaired) electrons. The SMILES string of the molecule is CC.Fc1ccccc1S. The Hall–Kier alpha value is -0.500. The van der Waals surface area contributed by atoms with E-state index in [0.29, 0.717) is 4.90 Å². The van der Waals surface area contributed by atoms with Crippen molar-refractivity contribution < 1.29 is 4.39 Å². The average molecular weight is 158 g/mol. The second-order valence-corrected chi connectivity index (χ2v) is 1.93. The fraction of sp³-hybridized carbons (Fsp3) is 0.250. The van der Waals surface area contributed by atoms with Crippen LogP contribution in [0.15, 0.2) is 29.2 Å². The van der Waals surface area contributed by atoms with Crippen molar-refractivity contribution in [2.24, 2.45) is 0 Å². The molecule has 0 aliphatic carbocycles. The quantitative estimate of drug-likeness (QED) is 0.551. The van der Waals surface area contributed by atoms with Crippen molar-refractivity contribution in [2.45, 2.75) is 18.7 Å². The number of halogens is 1. The van der Waals surface area contributed by atoms with Gasteiger partial charge in [-0.25, -0.2) is 4.39 Å². The van der Waals surface area contributed by atoms with Gasteiger partial charge >= 0.3 is 0 Å². The van der Waals surface area contributed by atoms with Crippen LogP contribution in [-0.2, 0) is 0 Å². The van der Waals surface area contributed by atoms with Crippen LogP contribution in [0.2, 0.25) is 0 Å². The van der Waals surface area contributed by atoms with E-state index in [1.807, 2.05) is 13.8 Å². The molecule has 0 amide bonds. The third kappa shape index (κ3) is 2.87. The van der Waals surface area contributed by atoms with E-state index in [4.69, 9.17) is 0 Å². The molecule has 0 atom stereocenters. The first-order chi connectivity index (χ1) is 4.80. The Kier molecular flexibility index (Phi) is 5.03. The van der Waals surface area contributed by atoms with Crippen LogP contribution in [0.5, 0.6) is 0 Å². The Balaban J connectivity index is 0.000000371.